The smallest absolute Gasteiger partial charge is 0.255 e. The number of benzene rings is 3. The number of nitrogens with one attached hydrogen (secondary N) is 2. The van der Waals surface area contributed by atoms with Crippen molar-refractivity contribution in [3.8, 4) is 11.5 Å². The molecule has 0 heterocycles. The van der Waals surface area contributed by atoms with E-state index in [1.165, 1.54) is 7.11 Å². The van der Waals surface area contributed by atoms with Crippen molar-refractivity contribution in [1.82, 2.24) is 0 Å². The number of carbonyl (C=O) groups excluding carboxylic acids is 2. The van der Waals surface area contributed by atoms with Gasteiger partial charge in [-0.05, 0) is 55.0 Å². The van der Waals surface area contributed by atoms with Crippen LogP contribution in [-0.4, -0.2) is 26.0 Å². The molecule has 2 N–H and O–H groups in total. The number of rotatable bonds is 7. The van der Waals surface area contributed by atoms with Gasteiger partial charge in [0.2, 0.25) is 5.91 Å². The van der Waals surface area contributed by atoms with Crippen molar-refractivity contribution in [1.29, 1.82) is 0 Å². The highest BCUT2D eigenvalue weighted by molar-refractivity contribution is 6.05. The van der Waals surface area contributed by atoms with Crippen molar-refractivity contribution in [2.24, 2.45) is 0 Å². The van der Waals surface area contributed by atoms with Gasteiger partial charge in [0.15, 0.2) is 0 Å². The van der Waals surface area contributed by atoms with Crippen LogP contribution in [0.2, 0.25) is 0 Å². The topological polar surface area (TPSA) is 76.7 Å². The second-order valence-corrected chi connectivity index (χ2v) is 6.82. The zero-order chi connectivity index (χ0) is 21.5. The van der Waals surface area contributed by atoms with Gasteiger partial charge >= 0.3 is 0 Å². The predicted octanol–water partition coefficient (Wildman–Crippen LogP) is 4.45. The summed E-state index contributed by atoms with van der Waals surface area (Å²) in [7, 11) is 3.11. The molecule has 0 saturated carbocycles. The lowest BCUT2D eigenvalue weighted by Crippen LogP contribution is -2.16. The van der Waals surface area contributed by atoms with Gasteiger partial charge in [-0.3, -0.25) is 9.59 Å². The first-order valence-corrected chi connectivity index (χ1v) is 9.47. The number of anilines is 2. The molecule has 154 valence electrons. The molecule has 0 aliphatic rings. The highest BCUT2D eigenvalue weighted by Crippen LogP contribution is 2.28. The summed E-state index contributed by atoms with van der Waals surface area (Å²) in [5, 5.41) is 5.71. The van der Waals surface area contributed by atoms with Gasteiger partial charge in [-0.1, -0.05) is 29.8 Å². The summed E-state index contributed by atoms with van der Waals surface area (Å²) in [5.41, 5.74) is 3.41. The minimum atomic E-state index is -0.253. The maximum Gasteiger partial charge on any atom is 0.255 e. The third-order valence-electron chi connectivity index (χ3n) is 4.51. The van der Waals surface area contributed by atoms with Gasteiger partial charge in [0.1, 0.15) is 11.5 Å². The first kappa shape index (κ1) is 20.9. The van der Waals surface area contributed by atoms with Crippen LogP contribution in [0.25, 0.3) is 0 Å². The maximum atomic E-state index is 12.6. The second-order valence-electron chi connectivity index (χ2n) is 6.82. The second kappa shape index (κ2) is 9.60. The number of carbonyl (C=O) groups is 2. The van der Waals surface area contributed by atoms with Crippen LogP contribution in [-0.2, 0) is 11.2 Å². The number of hydrogen-bond acceptors (Lipinski definition) is 4. The van der Waals surface area contributed by atoms with E-state index in [-0.39, 0.29) is 18.2 Å². The largest absolute Gasteiger partial charge is 0.497 e. The van der Waals surface area contributed by atoms with Crippen molar-refractivity contribution < 1.29 is 19.1 Å². The van der Waals surface area contributed by atoms with Crippen molar-refractivity contribution in [2.75, 3.05) is 24.9 Å². The Balaban J connectivity index is 1.73. The molecule has 0 aromatic heterocycles. The number of amides is 2. The Kier molecular flexibility index (Phi) is 6.70. The van der Waals surface area contributed by atoms with E-state index in [1.807, 2.05) is 49.4 Å². The Morgan fingerprint density at radius 2 is 1.67 bits per heavy atom. The third kappa shape index (κ3) is 5.38. The zero-order valence-electron chi connectivity index (χ0n) is 17.2. The Hall–Kier alpha value is -3.80. The van der Waals surface area contributed by atoms with Gasteiger partial charge in [-0.25, -0.2) is 0 Å². The van der Waals surface area contributed by atoms with E-state index in [0.29, 0.717) is 28.4 Å². The molecule has 0 aliphatic carbocycles. The van der Waals surface area contributed by atoms with Crippen LogP contribution in [0.3, 0.4) is 0 Å². The van der Waals surface area contributed by atoms with Crippen molar-refractivity contribution in [3.63, 3.8) is 0 Å². The third-order valence-corrected chi connectivity index (χ3v) is 4.51. The first-order chi connectivity index (χ1) is 14.5. The molecule has 0 saturated heterocycles. The van der Waals surface area contributed by atoms with Crippen molar-refractivity contribution in [3.05, 3.63) is 83.4 Å². The highest BCUT2D eigenvalue weighted by Gasteiger charge is 2.12. The standard InChI is InChI=1S/C24H24N2O4/c1-16-6-4-8-18(12-16)24(28)26-21-15-19(10-11-22(21)30-3)25-23(27)14-17-7-5-9-20(13-17)29-2/h4-13,15H,14H2,1-3H3,(H,25,27)(H,26,28). The van der Waals surface area contributed by atoms with E-state index in [0.717, 1.165) is 11.1 Å². The number of aryl methyl sites for hydroxylation is 1. The molecule has 30 heavy (non-hydrogen) atoms. The fourth-order valence-electron chi connectivity index (χ4n) is 3.04. The average molecular weight is 404 g/mol. The summed E-state index contributed by atoms with van der Waals surface area (Å²) in [6.07, 6.45) is 0.203. The first-order valence-electron chi connectivity index (χ1n) is 9.47. The molecule has 3 aromatic carbocycles. The minimum Gasteiger partial charge on any atom is -0.497 e. The minimum absolute atomic E-state index is 0.176. The van der Waals surface area contributed by atoms with Gasteiger partial charge in [-0.15, -0.1) is 0 Å². The zero-order valence-corrected chi connectivity index (χ0v) is 17.2. The number of methoxy groups -OCH3 is 2. The Bertz CT molecular complexity index is 1060. The normalized spacial score (nSPS) is 10.2. The lowest BCUT2D eigenvalue weighted by Gasteiger charge is -2.13. The van der Waals surface area contributed by atoms with Crippen LogP contribution in [0.15, 0.2) is 66.7 Å². The van der Waals surface area contributed by atoms with Crippen LogP contribution in [0.5, 0.6) is 11.5 Å². The van der Waals surface area contributed by atoms with Crippen molar-refractivity contribution in [2.45, 2.75) is 13.3 Å². The molecule has 0 spiro atoms. The number of hydrogen-bond donors (Lipinski definition) is 2. The monoisotopic (exact) mass is 404 g/mol. The molecule has 6 nitrogen and oxygen atoms in total. The van der Waals surface area contributed by atoms with Crippen LogP contribution in [0.4, 0.5) is 11.4 Å². The van der Waals surface area contributed by atoms with Gasteiger partial charge in [-0.2, -0.15) is 0 Å². The SMILES string of the molecule is COc1cccc(CC(=O)Nc2ccc(OC)c(NC(=O)c3cccc(C)c3)c2)c1. The van der Waals surface area contributed by atoms with E-state index in [2.05, 4.69) is 10.6 Å². The fourth-order valence-corrected chi connectivity index (χ4v) is 3.04. The molecule has 0 aliphatic heterocycles. The summed E-state index contributed by atoms with van der Waals surface area (Å²) in [6.45, 7) is 1.93. The molecule has 0 fully saturated rings. The lowest BCUT2D eigenvalue weighted by atomic mass is 10.1. The van der Waals surface area contributed by atoms with E-state index in [9.17, 15) is 9.59 Å². The van der Waals surface area contributed by atoms with E-state index in [4.69, 9.17) is 9.47 Å². The van der Waals surface area contributed by atoms with Gasteiger partial charge in [0, 0.05) is 11.3 Å². The highest BCUT2D eigenvalue weighted by atomic mass is 16.5. The molecule has 3 rings (SSSR count). The van der Waals surface area contributed by atoms with Crippen LogP contribution in [0, 0.1) is 6.92 Å². The van der Waals surface area contributed by atoms with E-state index >= 15 is 0 Å². The van der Waals surface area contributed by atoms with E-state index < -0.39 is 0 Å². The summed E-state index contributed by atoms with van der Waals surface area (Å²) in [5.74, 6) is 0.772. The Morgan fingerprint density at radius 1 is 0.867 bits per heavy atom. The molecule has 0 unspecified atom stereocenters. The summed E-state index contributed by atoms with van der Waals surface area (Å²) >= 11 is 0. The Morgan fingerprint density at radius 3 is 2.40 bits per heavy atom. The average Bonchev–Trinajstić information content (AvgIpc) is 2.74. The molecule has 3 aromatic rings. The fraction of sp³-hybridized carbons (Fsp3) is 0.167. The van der Waals surface area contributed by atoms with Gasteiger partial charge in [0.05, 0.1) is 26.3 Å². The molecule has 0 bridgehead atoms. The number of ether oxygens (including phenoxy) is 2. The molecule has 6 heteroatoms. The Labute approximate surface area is 175 Å². The van der Waals surface area contributed by atoms with Crippen LogP contribution >= 0.6 is 0 Å². The van der Waals surface area contributed by atoms with Gasteiger partial charge < -0.3 is 20.1 Å². The van der Waals surface area contributed by atoms with Crippen molar-refractivity contribution >= 4 is 23.2 Å². The molecule has 0 atom stereocenters. The van der Waals surface area contributed by atoms with Crippen LogP contribution < -0.4 is 20.1 Å². The summed E-state index contributed by atoms with van der Waals surface area (Å²) in [6, 6.07) is 19.8. The predicted molar refractivity (Wildman–Crippen MR) is 117 cm³/mol. The molecular formula is C24H24N2O4. The molecule has 2 amide bonds. The van der Waals surface area contributed by atoms with E-state index in [1.54, 1.807) is 31.4 Å². The molecular weight excluding hydrogens is 380 g/mol. The lowest BCUT2D eigenvalue weighted by molar-refractivity contribution is -0.115. The molecule has 0 radical (unpaired) electrons. The quantitative estimate of drug-likeness (QED) is 0.610. The van der Waals surface area contributed by atoms with Gasteiger partial charge in [0.25, 0.3) is 5.91 Å². The summed E-state index contributed by atoms with van der Waals surface area (Å²) < 4.78 is 10.5. The summed E-state index contributed by atoms with van der Waals surface area (Å²) in [4.78, 5) is 25.1. The van der Waals surface area contributed by atoms with Crippen LogP contribution in [0.1, 0.15) is 21.5 Å². The maximum absolute atomic E-state index is 12.6.